The van der Waals surface area contributed by atoms with Gasteiger partial charge in [-0.2, -0.15) is 0 Å². The largest absolute Gasteiger partial charge is 0.478 e. The number of anilines is 1. The first kappa shape index (κ1) is 10.4. The van der Waals surface area contributed by atoms with Crippen LogP contribution in [-0.2, 0) is 9.53 Å². The van der Waals surface area contributed by atoms with Gasteiger partial charge < -0.3 is 14.6 Å². The number of amides is 1. The van der Waals surface area contributed by atoms with Crippen LogP contribution >= 0.6 is 9.47 Å². The van der Waals surface area contributed by atoms with E-state index in [1.165, 1.54) is 6.92 Å². The van der Waals surface area contributed by atoms with Crippen molar-refractivity contribution in [2.75, 3.05) is 11.9 Å². The van der Waals surface area contributed by atoms with Gasteiger partial charge in [-0.3, -0.25) is 4.79 Å². The summed E-state index contributed by atoms with van der Waals surface area (Å²) in [6.07, 6.45) is 0.177. The Bertz CT molecular complexity index is 390. The fraction of sp³-hybridized carbons (Fsp3) is 0.300. The average Bonchev–Trinajstić information content (AvgIpc) is 3.00. The van der Waals surface area contributed by atoms with E-state index in [1.807, 2.05) is 18.2 Å². The van der Waals surface area contributed by atoms with Gasteiger partial charge in [-0.05, 0) is 17.7 Å². The van der Waals surface area contributed by atoms with E-state index in [0.29, 0.717) is 11.4 Å². The van der Waals surface area contributed by atoms with E-state index in [9.17, 15) is 4.79 Å². The van der Waals surface area contributed by atoms with E-state index in [4.69, 9.17) is 9.26 Å². The molecular weight excluding hydrogens is 213 g/mol. The van der Waals surface area contributed by atoms with Gasteiger partial charge in [0, 0.05) is 6.92 Å². The molecule has 0 aliphatic carbocycles. The molecule has 0 bridgehead atoms. The van der Waals surface area contributed by atoms with E-state index in [2.05, 4.69) is 14.8 Å². The molecule has 80 valence electrons. The van der Waals surface area contributed by atoms with Crippen LogP contribution in [0.4, 0.5) is 5.69 Å². The second-order valence-electron chi connectivity index (χ2n) is 3.38. The van der Waals surface area contributed by atoms with Crippen molar-refractivity contribution in [2.45, 2.75) is 13.0 Å². The van der Waals surface area contributed by atoms with Crippen LogP contribution in [-0.4, -0.2) is 12.5 Å². The molecule has 1 N–H and O–H groups in total. The van der Waals surface area contributed by atoms with Crippen molar-refractivity contribution in [2.24, 2.45) is 0 Å². The zero-order valence-corrected chi connectivity index (χ0v) is 9.47. The molecule has 4 nitrogen and oxygen atoms in total. The summed E-state index contributed by atoms with van der Waals surface area (Å²) in [5, 5.41) is 2.71. The summed E-state index contributed by atoms with van der Waals surface area (Å²) in [5.41, 5.74) is 1.73. The highest BCUT2D eigenvalue weighted by atomic mass is 31.0. The topological polar surface area (TPSA) is 50.9 Å². The van der Waals surface area contributed by atoms with Gasteiger partial charge in [-0.25, -0.2) is 0 Å². The summed E-state index contributed by atoms with van der Waals surface area (Å²) < 4.78 is 10.2. The fourth-order valence-electron chi connectivity index (χ4n) is 1.38. The number of hydrogen-bond acceptors (Lipinski definition) is 3. The maximum absolute atomic E-state index is 11.0. The summed E-state index contributed by atoms with van der Waals surface area (Å²) in [5.74, 6) is 0.506. The molecule has 1 fully saturated rings. The molecule has 0 radical (unpaired) electrons. The number of carbonyl (C=O) groups excluding carboxylic acids is 1. The molecule has 1 saturated heterocycles. The minimum atomic E-state index is -0.118. The first-order chi connectivity index (χ1) is 7.20. The molecule has 0 aromatic heterocycles. The normalized spacial score (nSPS) is 18.4. The van der Waals surface area contributed by atoms with Gasteiger partial charge in [0.2, 0.25) is 5.91 Å². The lowest BCUT2D eigenvalue weighted by molar-refractivity contribution is -0.114. The number of carbonyl (C=O) groups is 1. The molecule has 0 saturated carbocycles. The van der Waals surface area contributed by atoms with Crippen molar-refractivity contribution in [3.05, 3.63) is 23.8 Å². The Morgan fingerprint density at radius 1 is 1.67 bits per heavy atom. The fourth-order valence-corrected chi connectivity index (χ4v) is 1.58. The maximum Gasteiger partial charge on any atom is 0.221 e. The van der Waals surface area contributed by atoms with E-state index in [0.717, 1.165) is 12.2 Å². The highest BCUT2D eigenvalue weighted by molar-refractivity contribution is 7.10. The first-order valence-electron chi connectivity index (χ1n) is 4.60. The van der Waals surface area contributed by atoms with E-state index in [1.54, 1.807) is 0 Å². The number of epoxide rings is 1. The molecule has 2 rings (SSSR count). The van der Waals surface area contributed by atoms with Crippen molar-refractivity contribution in [3.63, 3.8) is 0 Å². The monoisotopic (exact) mass is 225 g/mol. The molecular formula is C10H12NO3P. The Morgan fingerprint density at radius 2 is 2.40 bits per heavy atom. The molecule has 1 amide bonds. The average molecular weight is 225 g/mol. The number of hydrogen-bond donors (Lipinski definition) is 1. The van der Waals surface area contributed by atoms with Crippen LogP contribution in [0.2, 0.25) is 0 Å². The van der Waals surface area contributed by atoms with Crippen molar-refractivity contribution in [1.82, 2.24) is 0 Å². The Morgan fingerprint density at radius 3 is 2.93 bits per heavy atom. The van der Waals surface area contributed by atoms with Crippen LogP contribution in [0, 0.1) is 0 Å². The lowest BCUT2D eigenvalue weighted by atomic mass is 10.1. The van der Waals surface area contributed by atoms with Crippen molar-refractivity contribution < 1.29 is 14.1 Å². The predicted molar refractivity (Wildman–Crippen MR) is 59.8 cm³/mol. The molecule has 1 heterocycles. The SMILES string of the molecule is CC(=O)Nc1cc([C@H]2CO2)ccc1OP. The van der Waals surface area contributed by atoms with Gasteiger partial charge >= 0.3 is 0 Å². The summed E-state index contributed by atoms with van der Waals surface area (Å²) in [4.78, 5) is 11.0. The third-order valence-electron chi connectivity index (χ3n) is 2.15. The van der Waals surface area contributed by atoms with Gasteiger partial charge in [0.05, 0.1) is 21.8 Å². The zero-order valence-electron chi connectivity index (χ0n) is 8.32. The molecule has 0 spiro atoms. The van der Waals surface area contributed by atoms with Crippen LogP contribution in [0.1, 0.15) is 18.6 Å². The molecule has 1 aliphatic rings. The molecule has 1 aromatic rings. The van der Waals surface area contributed by atoms with Gasteiger partial charge in [-0.15, -0.1) is 0 Å². The second-order valence-corrected chi connectivity index (χ2v) is 3.61. The number of benzene rings is 1. The molecule has 15 heavy (non-hydrogen) atoms. The summed E-state index contributed by atoms with van der Waals surface area (Å²) in [6.45, 7) is 2.22. The Hall–Kier alpha value is -1.12. The number of nitrogens with one attached hydrogen (secondary N) is 1. The van der Waals surface area contributed by atoms with Gasteiger partial charge in [0.15, 0.2) is 0 Å². The van der Waals surface area contributed by atoms with Gasteiger partial charge in [0.1, 0.15) is 11.9 Å². The summed E-state index contributed by atoms with van der Waals surface area (Å²) in [7, 11) is 2.16. The van der Waals surface area contributed by atoms with Crippen LogP contribution in [0.5, 0.6) is 5.75 Å². The van der Waals surface area contributed by atoms with E-state index in [-0.39, 0.29) is 12.0 Å². The first-order valence-corrected chi connectivity index (χ1v) is 5.07. The van der Waals surface area contributed by atoms with Crippen LogP contribution < -0.4 is 9.84 Å². The Kier molecular flexibility index (Phi) is 2.89. The quantitative estimate of drug-likeness (QED) is 0.631. The summed E-state index contributed by atoms with van der Waals surface area (Å²) >= 11 is 0. The number of ether oxygens (including phenoxy) is 1. The van der Waals surface area contributed by atoms with Crippen molar-refractivity contribution in [3.8, 4) is 5.75 Å². The lowest BCUT2D eigenvalue weighted by Gasteiger charge is -2.09. The standard InChI is InChI=1S/C10H12NO3P/c1-6(12)11-8-4-7(10-5-13-10)2-3-9(8)14-15/h2-4,10H,5,15H2,1H3,(H,11,12)/t10-/m1/s1. The minimum absolute atomic E-state index is 0.118. The molecule has 1 aliphatic heterocycles. The molecule has 1 aromatic carbocycles. The summed E-state index contributed by atoms with van der Waals surface area (Å²) in [6, 6.07) is 5.62. The Balaban J connectivity index is 2.29. The molecule has 2 atom stereocenters. The maximum atomic E-state index is 11.0. The molecule has 1 unspecified atom stereocenters. The minimum Gasteiger partial charge on any atom is -0.478 e. The van der Waals surface area contributed by atoms with Crippen LogP contribution in [0.25, 0.3) is 0 Å². The number of rotatable bonds is 3. The second kappa shape index (κ2) is 4.17. The third kappa shape index (κ3) is 2.46. The van der Waals surface area contributed by atoms with E-state index >= 15 is 0 Å². The Labute approximate surface area is 90.2 Å². The van der Waals surface area contributed by atoms with E-state index < -0.39 is 0 Å². The highest BCUT2D eigenvalue weighted by Crippen LogP contribution is 2.35. The highest BCUT2D eigenvalue weighted by Gasteiger charge is 2.25. The predicted octanol–water partition coefficient (Wildman–Crippen LogP) is 1.89. The molecule has 5 heteroatoms. The van der Waals surface area contributed by atoms with Gasteiger partial charge in [0.25, 0.3) is 0 Å². The lowest BCUT2D eigenvalue weighted by Crippen LogP contribution is -2.06. The zero-order chi connectivity index (χ0) is 10.8. The third-order valence-corrected chi connectivity index (χ3v) is 2.40. The van der Waals surface area contributed by atoms with Crippen LogP contribution in [0.3, 0.4) is 0 Å². The van der Waals surface area contributed by atoms with Crippen molar-refractivity contribution >= 4 is 21.1 Å². The van der Waals surface area contributed by atoms with Crippen molar-refractivity contribution in [1.29, 1.82) is 0 Å². The van der Waals surface area contributed by atoms with Gasteiger partial charge in [-0.1, -0.05) is 6.07 Å². The van der Waals surface area contributed by atoms with Crippen LogP contribution in [0.15, 0.2) is 18.2 Å². The smallest absolute Gasteiger partial charge is 0.221 e.